The van der Waals surface area contributed by atoms with Crippen LogP contribution in [0.15, 0.2) is 85.2 Å². The third kappa shape index (κ3) is 6.49. The van der Waals surface area contributed by atoms with Crippen molar-refractivity contribution in [1.29, 1.82) is 0 Å². The third-order valence-electron chi connectivity index (χ3n) is 5.17. The zero-order valence-corrected chi connectivity index (χ0v) is 18.2. The first-order valence-corrected chi connectivity index (χ1v) is 10.9. The molecule has 0 bridgehead atoms. The predicted octanol–water partition coefficient (Wildman–Crippen LogP) is 3.36. The predicted molar refractivity (Wildman–Crippen MR) is 127 cm³/mol. The van der Waals surface area contributed by atoms with Crippen LogP contribution in [-0.2, 0) is 6.42 Å². The third-order valence-corrected chi connectivity index (χ3v) is 5.17. The zero-order chi connectivity index (χ0) is 22.9. The van der Waals surface area contributed by atoms with Gasteiger partial charge in [0.25, 0.3) is 0 Å². The summed E-state index contributed by atoms with van der Waals surface area (Å²) in [7, 11) is 0. The Morgan fingerprint density at radius 2 is 1.61 bits per heavy atom. The molecule has 0 aliphatic carbocycles. The van der Waals surface area contributed by atoms with Crippen molar-refractivity contribution >= 4 is 10.9 Å². The number of nitrogens with zero attached hydrogens (tertiary/aromatic N) is 2. The number of fused-ring (bicyclic) bond motifs is 1. The van der Waals surface area contributed by atoms with Crippen LogP contribution in [0.5, 0.6) is 17.4 Å². The normalized spacial score (nSPS) is 12.9. The van der Waals surface area contributed by atoms with Crippen LogP contribution in [0.4, 0.5) is 0 Å². The zero-order valence-electron chi connectivity index (χ0n) is 18.2. The number of hydrogen-bond donors (Lipinski definition) is 3. The lowest BCUT2D eigenvalue weighted by Crippen LogP contribution is -2.41. The van der Waals surface area contributed by atoms with Gasteiger partial charge in [0.15, 0.2) is 0 Å². The van der Waals surface area contributed by atoms with E-state index < -0.39 is 6.10 Å². The molecule has 3 aromatic carbocycles. The Labute approximate surface area is 192 Å². The van der Waals surface area contributed by atoms with E-state index in [-0.39, 0.29) is 19.3 Å². The molecule has 0 spiro atoms. The molecule has 33 heavy (non-hydrogen) atoms. The summed E-state index contributed by atoms with van der Waals surface area (Å²) in [5, 5.41) is 24.0. The van der Waals surface area contributed by atoms with E-state index in [1.165, 1.54) is 6.33 Å². The molecule has 0 saturated carbocycles. The van der Waals surface area contributed by atoms with Crippen molar-refractivity contribution in [3.05, 3.63) is 90.8 Å². The van der Waals surface area contributed by atoms with Gasteiger partial charge in [0, 0.05) is 12.6 Å². The summed E-state index contributed by atoms with van der Waals surface area (Å²) in [5.41, 5.74) is 1.86. The largest absolute Gasteiger partial charge is 0.491 e. The van der Waals surface area contributed by atoms with E-state index in [0.29, 0.717) is 30.3 Å². The summed E-state index contributed by atoms with van der Waals surface area (Å²) in [5.74, 6) is 1.90. The smallest absolute Gasteiger partial charge is 0.230 e. The lowest BCUT2D eigenvalue weighted by atomic mass is 10.1. The molecule has 0 aliphatic heterocycles. The number of aliphatic hydroxyl groups excluding tert-OH is 2. The van der Waals surface area contributed by atoms with E-state index in [2.05, 4.69) is 15.3 Å². The van der Waals surface area contributed by atoms with Crippen LogP contribution in [0, 0.1) is 0 Å². The molecule has 1 heterocycles. The summed E-state index contributed by atoms with van der Waals surface area (Å²) >= 11 is 0. The van der Waals surface area contributed by atoms with Gasteiger partial charge in [-0.3, -0.25) is 0 Å². The summed E-state index contributed by atoms with van der Waals surface area (Å²) in [6.07, 6.45) is 1.42. The van der Waals surface area contributed by atoms with Gasteiger partial charge in [-0.05, 0) is 48.4 Å². The molecule has 4 rings (SSSR count). The van der Waals surface area contributed by atoms with Crippen LogP contribution in [-0.4, -0.2) is 52.1 Å². The topological polar surface area (TPSA) is 96.7 Å². The van der Waals surface area contributed by atoms with Gasteiger partial charge in [-0.25, -0.2) is 9.97 Å². The van der Waals surface area contributed by atoms with Crippen LogP contribution in [0.25, 0.3) is 10.9 Å². The van der Waals surface area contributed by atoms with Crippen LogP contribution in [0.1, 0.15) is 5.56 Å². The second-order valence-electron chi connectivity index (χ2n) is 7.71. The van der Waals surface area contributed by atoms with Crippen LogP contribution in [0.2, 0.25) is 0 Å². The summed E-state index contributed by atoms with van der Waals surface area (Å²) in [4.78, 5) is 8.50. The maximum atomic E-state index is 10.2. The van der Waals surface area contributed by atoms with Gasteiger partial charge >= 0.3 is 0 Å². The highest BCUT2D eigenvalue weighted by Crippen LogP contribution is 2.26. The molecule has 1 aromatic heterocycles. The molecule has 7 heteroatoms. The van der Waals surface area contributed by atoms with Crippen LogP contribution in [0.3, 0.4) is 0 Å². The van der Waals surface area contributed by atoms with Gasteiger partial charge in [0.05, 0.1) is 17.5 Å². The monoisotopic (exact) mass is 445 g/mol. The summed E-state index contributed by atoms with van der Waals surface area (Å²) in [6.45, 7) is 0.455. The lowest BCUT2D eigenvalue weighted by molar-refractivity contribution is 0.0997. The molecule has 0 aliphatic rings. The Kier molecular flexibility index (Phi) is 7.81. The molecule has 2 atom stereocenters. The maximum Gasteiger partial charge on any atom is 0.230 e. The van der Waals surface area contributed by atoms with E-state index >= 15 is 0 Å². The Balaban J connectivity index is 1.28. The molecular formula is C26H27N3O4. The van der Waals surface area contributed by atoms with Crippen molar-refractivity contribution in [1.82, 2.24) is 15.3 Å². The minimum Gasteiger partial charge on any atom is -0.491 e. The second kappa shape index (κ2) is 11.4. The van der Waals surface area contributed by atoms with Crippen molar-refractivity contribution in [3.8, 4) is 17.4 Å². The molecule has 0 radical (unpaired) electrons. The van der Waals surface area contributed by atoms with Gasteiger partial charge in [0.1, 0.15) is 30.5 Å². The van der Waals surface area contributed by atoms with Crippen molar-refractivity contribution in [2.24, 2.45) is 0 Å². The highest BCUT2D eigenvalue weighted by molar-refractivity contribution is 5.83. The Bertz CT molecular complexity index is 1130. The number of rotatable bonds is 11. The van der Waals surface area contributed by atoms with Crippen molar-refractivity contribution in [3.63, 3.8) is 0 Å². The number of ether oxygens (including phenoxy) is 2. The minimum atomic E-state index is -0.683. The molecule has 4 aromatic rings. The molecule has 7 nitrogen and oxygen atoms in total. The standard InChI is InChI=1S/C26H27N3O4/c30-16-20(27-15-21(31)17-32-22-6-2-1-3-7-22)14-19-10-12-23(13-11-19)33-26-24-8-4-5-9-25(24)28-18-29-26/h1-13,18,20-21,27,30-31H,14-17H2/t20-,21-/m0/s1. The fraction of sp³-hybridized carbons (Fsp3) is 0.231. The quantitative estimate of drug-likeness (QED) is 0.326. The highest BCUT2D eigenvalue weighted by Gasteiger charge is 2.12. The second-order valence-corrected chi connectivity index (χ2v) is 7.71. The number of para-hydroxylation sites is 2. The van der Waals surface area contributed by atoms with E-state index in [4.69, 9.17) is 9.47 Å². The molecule has 0 saturated heterocycles. The van der Waals surface area contributed by atoms with Crippen molar-refractivity contribution in [2.45, 2.75) is 18.6 Å². The Morgan fingerprint density at radius 1 is 0.848 bits per heavy atom. The van der Waals surface area contributed by atoms with Crippen LogP contribution < -0.4 is 14.8 Å². The highest BCUT2D eigenvalue weighted by atomic mass is 16.5. The first-order chi connectivity index (χ1) is 16.2. The molecule has 0 fully saturated rings. The minimum absolute atomic E-state index is 0.0442. The number of nitrogens with one attached hydrogen (secondary N) is 1. The number of benzene rings is 3. The van der Waals surface area contributed by atoms with Gasteiger partial charge in [-0.1, -0.05) is 42.5 Å². The molecule has 0 unspecified atom stereocenters. The van der Waals surface area contributed by atoms with E-state index in [9.17, 15) is 10.2 Å². The SMILES string of the molecule is OC[C@H](Cc1ccc(Oc2ncnc3ccccc23)cc1)NC[C@H](O)COc1ccccc1. The van der Waals surface area contributed by atoms with E-state index in [1.807, 2.05) is 78.9 Å². The van der Waals surface area contributed by atoms with Crippen LogP contribution >= 0.6 is 0 Å². The van der Waals surface area contributed by atoms with E-state index in [1.54, 1.807) is 0 Å². The van der Waals surface area contributed by atoms with Crippen molar-refractivity contribution in [2.75, 3.05) is 19.8 Å². The average Bonchev–Trinajstić information content (AvgIpc) is 2.87. The fourth-order valence-electron chi connectivity index (χ4n) is 3.42. The maximum absolute atomic E-state index is 10.2. The Morgan fingerprint density at radius 3 is 2.39 bits per heavy atom. The number of aliphatic hydroxyl groups is 2. The summed E-state index contributed by atoms with van der Waals surface area (Å²) < 4.78 is 11.5. The molecule has 170 valence electrons. The molecule has 0 amide bonds. The Hall–Kier alpha value is -3.52. The fourth-order valence-corrected chi connectivity index (χ4v) is 3.42. The van der Waals surface area contributed by atoms with Crippen molar-refractivity contribution < 1.29 is 19.7 Å². The first-order valence-electron chi connectivity index (χ1n) is 10.9. The number of aromatic nitrogens is 2. The average molecular weight is 446 g/mol. The van der Waals surface area contributed by atoms with Gasteiger partial charge in [0.2, 0.25) is 5.88 Å². The van der Waals surface area contributed by atoms with Gasteiger partial charge in [-0.2, -0.15) is 0 Å². The lowest BCUT2D eigenvalue weighted by Gasteiger charge is -2.19. The van der Waals surface area contributed by atoms with E-state index in [0.717, 1.165) is 16.5 Å². The van der Waals surface area contributed by atoms with Gasteiger partial charge < -0.3 is 25.0 Å². The molecule has 3 N–H and O–H groups in total. The number of hydrogen-bond acceptors (Lipinski definition) is 7. The summed E-state index contributed by atoms with van der Waals surface area (Å²) in [6, 6.07) is 24.5. The van der Waals surface area contributed by atoms with Gasteiger partial charge in [-0.15, -0.1) is 0 Å². The first kappa shape index (κ1) is 22.7. The molecular weight excluding hydrogens is 418 g/mol.